The molecule has 1 amide bonds. The predicted molar refractivity (Wildman–Crippen MR) is 74.0 cm³/mol. The molecule has 0 saturated carbocycles. The zero-order valence-electron chi connectivity index (χ0n) is 10.6. The van der Waals surface area contributed by atoms with Crippen LogP contribution in [-0.2, 0) is 11.2 Å². The van der Waals surface area contributed by atoms with Crippen molar-refractivity contribution in [1.82, 2.24) is 0 Å². The van der Waals surface area contributed by atoms with Gasteiger partial charge in [0.15, 0.2) is 6.10 Å². The average Bonchev–Trinajstić information content (AvgIpc) is 2.42. The van der Waals surface area contributed by atoms with Crippen molar-refractivity contribution in [3.63, 3.8) is 0 Å². The number of hydrogen-bond donors (Lipinski definition) is 2. The number of halogens is 1. The van der Waals surface area contributed by atoms with Gasteiger partial charge in [-0.25, -0.2) is 4.39 Å². The summed E-state index contributed by atoms with van der Waals surface area (Å²) in [5, 5.41) is 2.73. The van der Waals surface area contributed by atoms with E-state index >= 15 is 0 Å². The topological polar surface area (TPSA) is 64.3 Å². The summed E-state index contributed by atoms with van der Waals surface area (Å²) in [5.41, 5.74) is 7.25. The van der Waals surface area contributed by atoms with Crippen molar-refractivity contribution < 1.29 is 13.9 Å². The van der Waals surface area contributed by atoms with E-state index in [2.05, 4.69) is 5.32 Å². The summed E-state index contributed by atoms with van der Waals surface area (Å²) in [5.74, 6) is -0.126. The minimum atomic E-state index is -0.763. The third kappa shape index (κ3) is 2.30. The number of ether oxygens (including phenoxy) is 1. The Morgan fingerprint density at radius 2 is 2.05 bits per heavy atom. The van der Waals surface area contributed by atoms with E-state index in [9.17, 15) is 9.18 Å². The first kappa shape index (κ1) is 12.5. The molecule has 0 aromatic heterocycles. The van der Waals surface area contributed by atoms with Crippen LogP contribution in [0.5, 0.6) is 5.75 Å². The van der Waals surface area contributed by atoms with Gasteiger partial charge in [0.2, 0.25) is 0 Å². The van der Waals surface area contributed by atoms with Crippen LogP contribution in [0.1, 0.15) is 5.56 Å². The zero-order chi connectivity index (χ0) is 14.1. The number of carbonyl (C=O) groups excluding carboxylic acids is 1. The maximum atomic E-state index is 13.6. The van der Waals surface area contributed by atoms with Gasteiger partial charge in [0.05, 0.1) is 5.69 Å². The first-order valence-electron chi connectivity index (χ1n) is 6.24. The standard InChI is InChI=1S/C15H13FN2O2/c16-11-4-2-1-3-9(11)7-14-15(19)18-12-6-5-10(17)8-13(12)20-14/h1-6,8,14H,7,17H2,(H,18,19). The number of nitrogen functional groups attached to an aromatic ring is 1. The summed E-state index contributed by atoms with van der Waals surface area (Å²) in [6.45, 7) is 0. The number of nitrogens with one attached hydrogen (secondary N) is 1. The lowest BCUT2D eigenvalue weighted by Gasteiger charge is -2.26. The highest BCUT2D eigenvalue weighted by atomic mass is 19.1. The number of amides is 1. The molecule has 1 heterocycles. The quantitative estimate of drug-likeness (QED) is 0.825. The molecule has 102 valence electrons. The van der Waals surface area contributed by atoms with Gasteiger partial charge in [0.1, 0.15) is 11.6 Å². The van der Waals surface area contributed by atoms with Gasteiger partial charge in [-0.3, -0.25) is 4.79 Å². The molecule has 0 spiro atoms. The summed E-state index contributed by atoms with van der Waals surface area (Å²) < 4.78 is 19.2. The Hall–Kier alpha value is -2.56. The second kappa shape index (κ2) is 4.85. The lowest BCUT2D eigenvalue weighted by Crippen LogP contribution is -2.38. The van der Waals surface area contributed by atoms with Crippen molar-refractivity contribution in [1.29, 1.82) is 0 Å². The number of benzene rings is 2. The van der Waals surface area contributed by atoms with Gasteiger partial charge in [-0.2, -0.15) is 0 Å². The van der Waals surface area contributed by atoms with Crippen LogP contribution in [0.25, 0.3) is 0 Å². The van der Waals surface area contributed by atoms with Crippen LogP contribution in [0.4, 0.5) is 15.8 Å². The van der Waals surface area contributed by atoms with Crippen molar-refractivity contribution in [2.24, 2.45) is 0 Å². The van der Waals surface area contributed by atoms with Crippen LogP contribution in [0.3, 0.4) is 0 Å². The third-order valence-electron chi connectivity index (χ3n) is 3.19. The fraction of sp³-hybridized carbons (Fsp3) is 0.133. The molecule has 1 aliphatic heterocycles. The smallest absolute Gasteiger partial charge is 0.265 e. The Morgan fingerprint density at radius 3 is 2.85 bits per heavy atom. The van der Waals surface area contributed by atoms with Crippen molar-refractivity contribution in [3.05, 3.63) is 53.8 Å². The summed E-state index contributed by atoms with van der Waals surface area (Å²) in [6.07, 6.45) is -0.589. The van der Waals surface area contributed by atoms with E-state index in [1.54, 1.807) is 36.4 Å². The monoisotopic (exact) mass is 272 g/mol. The van der Waals surface area contributed by atoms with Crippen molar-refractivity contribution in [2.45, 2.75) is 12.5 Å². The van der Waals surface area contributed by atoms with Crippen LogP contribution in [0.2, 0.25) is 0 Å². The molecule has 1 unspecified atom stereocenters. The van der Waals surface area contributed by atoms with E-state index in [-0.39, 0.29) is 18.1 Å². The Bertz CT molecular complexity index is 673. The molecule has 0 saturated heterocycles. The van der Waals surface area contributed by atoms with Crippen LogP contribution in [0.15, 0.2) is 42.5 Å². The second-order valence-electron chi connectivity index (χ2n) is 4.65. The molecule has 1 atom stereocenters. The largest absolute Gasteiger partial charge is 0.478 e. The molecule has 5 heteroatoms. The van der Waals surface area contributed by atoms with E-state index in [0.717, 1.165) is 0 Å². The lowest BCUT2D eigenvalue weighted by molar-refractivity contribution is -0.123. The fourth-order valence-electron chi connectivity index (χ4n) is 2.16. The molecule has 3 N–H and O–H groups in total. The Morgan fingerprint density at radius 1 is 1.25 bits per heavy atom. The first-order valence-corrected chi connectivity index (χ1v) is 6.24. The van der Waals surface area contributed by atoms with Crippen LogP contribution >= 0.6 is 0 Å². The van der Waals surface area contributed by atoms with Gasteiger partial charge < -0.3 is 15.8 Å². The summed E-state index contributed by atoms with van der Waals surface area (Å²) in [6, 6.07) is 11.3. The molecule has 3 rings (SSSR count). The predicted octanol–water partition coefficient (Wildman–Crippen LogP) is 2.35. The molecular weight excluding hydrogens is 259 g/mol. The lowest BCUT2D eigenvalue weighted by atomic mass is 10.1. The van der Waals surface area contributed by atoms with E-state index in [1.165, 1.54) is 6.07 Å². The molecule has 0 bridgehead atoms. The van der Waals surface area contributed by atoms with Gasteiger partial charge >= 0.3 is 0 Å². The van der Waals surface area contributed by atoms with E-state index < -0.39 is 6.10 Å². The maximum absolute atomic E-state index is 13.6. The number of nitrogens with two attached hydrogens (primary N) is 1. The molecule has 20 heavy (non-hydrogen) atoms. The van der Waals surface area contributed by atoms with Gasteiger partial charge in [0, 0.05) is 18.2 Å². The number of carbonyl (C=O) groups is 1. The Balaban J connectivity index is 1.85. The van der Waals surface area contributed by atoms with Crippen molar-refractivity contribution in [2.75, 3.05) is 11.1 Å². The van der Waals surface area contributed by atoms with Gasteiger partial charge in [-0.15, -0.1) is 0 Å². The van der Waals surface area contributed by atoms with E-state index in [1.807, 2.05) is 0 Å². The molecule has 2 aromatic rings. The molecule has 0 fully saturated rings. The molecule has 0 radical (unpaired) electrons. The molecule has 2 aromatic carbocycles. The SMILES string of the molecule is Nc1ccc2c(c1)OC(Cc1ccccc1F)C(=O)N2. The summed E-state index contributed by atoms with van der Waals surface area (Å²) in [4.78, 5) is 12.0. The molecule has 0 aliphatic carbocycles. The number of anilines is 2. The highest BCUT2D eigenvalue weighted by molar-refractivity contribution is 5.98. The summed E-state index contributed by atoms with van der Waals surface area (Å²) >= 11 is 0. The van der Waals surface area contributed by atoms with Gasteiger partial charge in [0.25, 0.3) is 5.91 Å². The molecule has 1 aliphatic rings. The van der Waals surface area contributed by atoms with Gasteiger partial charge in [-0.05, 0) is 23.8 Å². The third-order valence-corrected chi connectivity index (χ3v) is 3.19. The van der Waals surface area contributed by atoms with Crippen LogP contribution in [0, 0.1) is 5.82 Å². The van der Waals surface area contributed by atoms with Crippen molar-refractivity contribution in [3.8, 4) is 5.75 Å². The second-order valence-corrected chi connectivity index (χ2v) is 4.65. The average molecular weight is 272 g/mol. The molecule has 4 nitrogen and oxygen atoms in total. The minimum Gasteiger partial charge on any atom is -0.478 e. The number of rotatable bonds is 2. The van der Waals surface area contributed by atoms with Gasteiger partial charge in [-0.1, -0.05) is 18.2 Å². The fourth-order valence-corrected chi connectivity index (χ4v) is 2.16. The zero-order valence-corrected chi connectivity index (χ0v) is 10.6. The Kier molecular flexibility index (Phi) is 3.02. The van der Waals surface area contributed by atoms with Crippen LogP contribution < -0.4 is 15.8 Å². The van der Waals surface area contributed by atoms with E-state index in [4.69, 9.17) is 10.5 Å². The number of fused-ring (bicyclic) bond motifs is 1. The van der Waals surface area contributed by atoms with Crippen molar-refractivity contribution >= 4 is 17.3 Å². The maximum Gasteiger partial charge on any atom is 0.265 e. The number of hydrogen-bond acceptors (Lipinski definition) is 3. The normalized spacial score (nSPS) is 17.1. The molecular formula is C15H13FN2O2. The minimum absolute atomic E-state index is 0.173. The first-order chi connectivity index (χ1) is 9.63. The summed E-state index contributed by atoms with van der Waals surface area (Å²) in [7, 11) is 0. The highest BCUT2D eigenvalue weighted by Crippen LogP contribution is 2.32. The van der Waals surface area contributed by atoms with Crippen LogP contribution in [-0.4, -0.2) is 12.0 Å². The Labute approximate surface area is 115 Å². The highest BCUT2D eigenvalue weighted by Gasteiger charge is 2.28. The van der Waals surface area contributed by atoms with E-state index in [0.29, 0.717) is 22.7 Å².